The molecule has 2 aromatic heterocycles. The first-order chi connectivity index (χ1) is 14.2. The Morgan fingerprint density at radius 1 is 1.14 bits per heavy atom. The van der Waals surface area contributed by atoms with E-state index in [1.807, 2.05) is 48.9 Å². The number of rotatable bonds is 7. The predicted molar refractivity (Wildman–Crippen MR) is 116 cm³/mol. The molecular weight excluding hydrogens is 432 g/mol. The fraction of sp³-hybridized carbons (Fsp3) is 0.227. The van der Waals surface area contributed by atoms with Gasteiger partial charge in [0.2, 0.25) is 0 Å². The van der Waals surface area contributed by atoms with Gasteiger partial charge in [0.05, 0.1) is 29.5 Å². The first-order valence-corrected chi connectivity index (χ1v) is 10.3. The average Bonchev–Trinajstić information content (AvgIpc) is 3.36. The summed E-state index contributed by atoms with van der Waals surface area (Å²) in [7, 11) is 0. The molecule has 2 heterocycles. The van der Waals surface area contributed by atoms with Crippen LogP contribution in [0.4, 0.5) is 0 Å². The molecule has 0 atom stereocenters. The second-order valence-electron chi connectivity index (χ2n) is 6.67. The van der Waals surface area contributed by atoms with Crippen molar-refractivity contribution in [3.05, 3.63) is 71.2 Å². The number of hydrogen-bond acceptors (Lipinski definition) is 4. The number of imidazole rings is 2. The summed E-state index contributed by atoms with van der Waals surface area (Å²) in [6.07, 6.45) is 6.52. The lowest BCUT2D eigenvalue weighted by molar-refractivity contribution is 0.0526. The normalized spacial score (nSPS) is 11.1. The average molecular weight is 453 g/mol. The predicted octanol–water partition coefficient (Wildman–Crippen LogP) is 4.93. The molecule has 7 heteroatoms. The minimum atomic E-state index is -0.325. The van der Waals surface area contributed by atoms with Gasteiger partial charge in [-0.3, -0.25) is 0 Å². The van der Waals surface area contributed by atoms with Crippen LogP contribution in [0.15, 0.2) is 65.7 Å². The van der Waals surface area contributed by atoms with Gasteiger partial charge in [0.15, 0.2) is 0 Å². The number of halogens is 1. The number of hydrogen-bond donors (Lipinski definition) is 0. The Bertz CT molecular complexity index is 1120. The number of carbonyl (C=O) groups excluding carboxylic acids is 1. The fourth-order valence-electron chi connectivity index (χ4n) is 3.35. The Balaban J connectivity index is 1.71. The lowest BCUT2D eigenvalue weighted by atomic mass is 10.2. The maximum atomic E-state index is 12.1. The molecule has 0 aliphatic heterocycles. The van der Waals surface area contributed by atoms with E-state index in [0.29, 0.717) is 12.2 Å². The number of fused-ring (bicyclic) bond motifs is 1. The summed E-state index contributed by atoms with van der Waals surface area (Å²) in [4.78, 5) is 21.1. The van der Waals surface area contributed by atoms with Crippen molar-refractivity contribution in [3.63, 3.8) is 0 Å². The molecule has 6 nitrogen and oxygen atoms in total. The largest absolute Gasteiger partial charge is 0.462 e. The van der Waals surface area contributed by atoms with Gasteiger partial charge in [0, 0.05) is 35.5 Å². The van der Waals surface area contributed by atoms with Crippen molar-refractivity contribution >= 4 is 32.9 Å². The highest BCUT2D eigenvalue weighted by molar-refractivity contribution is 9.10. The molecule has 0 bridgehead atoms. The lowest BCUT2D eigenvalue weighted by Gasteiger charge is -2.10. The molecule has 2 aromatic carbocycles. The quantitative estimate of drug-likeness (QED) is 0.373. The molecule has 0 N–H and O–H groups in total. The molecule has 0 unspecified atom stereocenters. The minimum absolute atomic E-state index is 0.325. The zero-order chi connectivity index (χ0) is 20.2. The second-order valence-corrected chi connectivity index (χ2v) is 7.59. The van der Waals surface area contributed by atoms with Crippen molar-refractivity contribution in [2.24, 2.45) is 0 Å². The molecule has 0 amide bonds. The van der Waals surface area contributed by atoms with Crippen LogP contribution in [0.5, 0.6) is 0 Å². The summed E-state index contributed by atoms with van der Waals surface area (Å²) in [5.74, 6) is 0.563. The van der Waals surface area contributed by atoms with E-state index in [4.69, 9.17) is 9.72 Å². The molecule has 0 radical (unpaired) electrons. The van der Waals surface area contributed by atoms with Gasteiger partial charge in [0.25, 0.3) is 0 Å². The summed E-state index contributed by atoms with van der Waals surface area (Å²) < 4.78 is 10.4. The third kappa shape index (κ3) is 4.24. The van der Waals surface area contributed by atoms with E-state index in [1.165, 1.54) is 0 Å². The number of aryl methyl sites for hydroxylation is 2. The number of carbonyl (C=O) groups is 1. The molecule has 0 saturated carbocycles. The molecule has 29 heavy (non-hydrogen) atoms. The Morgan fingerprint density at radius 2 is 1.97 bits per heavy atom. The van der Waals surface area contributed by atoms with Gasteiger partial charge in [-0.2, -0.15) is 0 Å². The number of aromatic nitrogens is 4. The van der Waals surface area contributed by atoms with Crippen LogP contribution in [-0.4, -0.2) is 31.7 Å². The molecule has 0 aliphatic rings. The monoisotopic (exact) mass is 452 g/mol. The van der Waals surface area contributed by atoms with Gasteiger partial charge in [-0.05, 0) is 43.7 Å². The molecule has 0 fully saturated rings. The third-order valence-corrected chi connectivity index (χ3v) is 5.25. The Kier molecular flexibility index (Phi) is 5.76. The van der Waals surface area contributed by atoms with Crippen molar-refractivity contribution < 1.29 is 9.53 Å². The summed E-state index contributed by atoms with van der Waals surface area (Å²) in [5.41, 5.74) is 3.34. The van der Waals surface area contributed by atoms with Gasteiger partial charge in [-0.15, -0.1) is 0 Å². The smallest absolute Gasteiger partial charge is 0.338 e. The summed E-state index contributed by atoms with van der Waals surface area (Å²) in [6.45, 7) is 3.83. The highest BCUT2D eigenvalue weighted by atomic mass is 79.9. The van der Waals surface area contributed by atoms with Crippen LogP contribution in [0.1, 0.15) is 23.7 Å². The van der Waals surface area contributed by atoms with Gasteiger partial charge < -0.3 is 13.9 Å². The lowest BCUT2D eigenvalue weighted by Crippen LogP contribution is -2.05. The van der Waals surface area contributed by atoms with E-state index in [2.05, 4.69) is 30.0 Å². The molecule has 0 spiro atoms. The fourth-order valence-corrected chi connectivity index (χ4v) is 3.61. The van der Waals surface area contributed by atoms with Gasteiger partial charge in [-0.25, -0.2) is 14.8 Å². The third-order valence-electron chi connectivity index (χ3n) is 4.72. The SMILES string of the molecule is CCOC(=O)c1ccc2c(c1)nc(-c1ccc(Br)cc1)n2CCCn1ccnc1. The maximum Gasteiger partial charge on any atom is 0.338 e. The Labute approximate surface area is 177 Å². The topological polar surface area (TPSA) is 61.9 Å². The maximum absolute atomic E-state index is 12.1. The molecule has 4 aromatic rings. The number of nitrogens with zero attached hydrogens (tertiary/aromatic N) is 4. The van der Waals surface area contributed by atoms with E-state index in [0.717, 1.165) is 46.4 Å². The number of benzene rings is 2. The van der Waals surface area contributed by atoms with Gasteiger partial charge in [-0.1, -0.05) is 28.1 Å². The number of esters is 1. The number of ether oxygens (including phenoxy) is 1. The second kappa shape index (κ2) is 8.61. The van der Waals surface area contributed by atoms with Crippen LogP contribution >= 0.6 is 15.9 Å². The minimum Gasteiger partial charge on any atom is -0.462 e. The van der Waals surface area contributed by atoms with Crippen LogP contribution in [-0.2, 0) is 17.8 Å². The van der Waals surface area contributed by atoms with Crippen molar-refractivity contribution in [3.8, 4) is 11.4 Å². The summed E-state index contributed by atoms with van der Waals surface area (Å²) >= 11 is 3.49. The molecule has 4 rings (SSSR count). The van der Waals surface area contributed by atoms with Gasteiger partial charge >= 0.3 is 5.97 Å². The molecule has 148 valence electrons. The van der Waals surface area contributed by atoms with E-state index >= 15 is 0 Å². The Hall–Kier alpha value is -2.93. The molecule has 0 aliphatic carbocycles. The van der Waals surface area contributed by atoms with Gasteiger partial charge in [0.1, 0.15) is 5.82 Å². The van der Waals surface area contributed by atoms with E-state index in [-0.39, 0.29) is 5.97 Å². The molecule has 0 saturated heterocycles. The van der Waals surface area contributed by atoms with E-state index in [9.17, 15) is 4.79 Å². The standard InChI is InChI=1S/C22H21BrN4O2/c1-2-29-22(28)17-6-9-20-19(14-17)25-21(16-4-7-18(23)8-5-16)27(20)12-3-11-26-13-10-24-15-26/h4-10,13-15H,2-3,11-12H2,1H3. The van der Waals surface area contributed by atoms with Crippen LogP contribution in [0.2, 0.25) is 0 Å². The van der Waals surface area contributed by atoms with Crippen molar-refractivity contribution in [1.29, 1.82) is 0 Å². The van der Waals surface area contributed by atoms with E-state index in [1.54, 1.807) is 19.2 Å². The van der Waals surface area contributed by atoms with Crippen molar-refractivity contribution in [2.45, 2.75) is 26.4 Å². The van der Waals surface area contributed by atoms with Crippen LogP contribution in [0.25, 0.3) is 22.4 Å². The summed E-state index contributed by atoms with van der Waals surface area (Å²) in [6, 6.07) is 13.7. The summed E-state index contributed by atoms with van der Waals surface area (Å²) in [5, 5.41) is 0. The first kappa shape index (κ1) is 19.4. The van der Waals surface area contributed by atoms with Crippen molar-refractivity contribution in [1.82, 2.24) is 19.1 Å². The first-order valence-electron chi connectivity index (χ1n) is 9.55. The Morgan fingerprint density at radius 3 is 2.69 bits per heavy atom. The van der Waals surface area contributed by atoms with E-state index < -0.39 is 0 Å². The zero-order valence-electron chi connectivity index (χ0n) is 16.1. The highest BCUT2D eigenvalue weighted by Crippen LogP contribution is 2.27. The van der Waals surface area contributed by atoms with Crippen LogP contribution in [0, 0.1) is 0 Å². The highest BCUT2D eigenvalue weighted by Gasteiger charge is 2.15. The van der Waals surface area contributed by atoms with Crippen LogP contribution in [0.3, 0.4) is 0 Å². The zero-order valence-corrected chi connectivity index (χ0v) is 17.7. The van der Waals surface area contributed by atoms with Crippen molar-refractivity contribution in [2.75, 3.05) is 6.61 Å². The molecular formula is C22H21BrN4O2. The van der Waals surface area contributed by atoms with Crippen LogP contribution < -0.4 is 0 Å².